The van der Waals surface area contributed by atoms with Crippen molar-refractivity contribution in [3.05, 3.63) is 68.7 Å². The summed E-state index contributed by atoms with van der Waals surface area (Å²) in [6, 6.07) is 10.5. The van der Waals surface area contributed by atoms with E-state index in [4.69, 9.17) is 11.6 Å². The van der Waals surface area contributed by atoms with Gasteiger partial charge in [-0.25, -0.2) is 0 Å². The van der Waals surface area contributed by atoms with E-state index in [0.29, 0.717) is 0 Å². The first kappa shape index (κ1) is 14.6. The Kier molecular flexibility index (Phi) is 4.37. The van der Waals surface area contributed by atoms with Gasteiger partial charge in [-0.15, -0.1) is 0 Å². The summed E-state index contributed by atoms with van der Waals surface area (Å²) in [7, 11) is 0. The van der Waals surface area contributed by atoms with Crippen LogP contribution >= 0.6 is 27.5 Å². The van der Waals surface area contributed by atoms with Crippen molar-refractivity contribution in [1.29, 1.82) is 0 Å². The fourth-order valence-corrected chi connectivity index (χ4v) is 4.03. The lowest BCUT2D eigenvalue weighted by Crippen LogP contribution is -2.02. The molecule has 2 aromatic rings. The van der Waals surface area contributed by atoms with E-state index in [2.05, 4.69) is 67.9 Å². The summed E-state index contributed by atoms with van der Waals surface area (Å²) in [6.45, 7) is 8.60. The van der Waals surface area contributed by atoms with Crippen molar-refractivity contribution < 1.29 is 0 Å². The van der Waals surface area contributed by atoms with E-state index in [1.807, 2.05) is 6.07 Å². The molecule has 0 nitrogen and oxygen atoms in total. The number of rotatable bonds is 2. The first-order valence-corrected chi connectivity index (χ1v) is 7.67. The Morgan fingerprint density at radius 1 is 0.895 bits per heavy atom. The van der Waals surface area contributed by atoms with Crippen LogP contribution in [0, 0.1) is 27.7 Å². The average molecular weight is 338 g/mol. The normalized spacial score (nSPS) is 12.5. The van der Waals surface area contributed by atoms with Crippen LogP contribution in [0.5, 0.6) is 0 Å². The molecule has 2 aromatic carbocycles. The molecule has 19 heavy (non-hydrogen) atoms. The highest BCUT2D eigenvalue weighted by atomic mass is 79.9. The fourth-order valence-electron chi connectivity index (χ4n) is 2.63. The predicted octanol–water partition coefficient (Wildman–Crippen LogP) is 6.06. The van der Waals surface area contributed by atoms with Crippen molar-refractivity contribution in [3.8, 4) is 0 Å². The van der Waals surface area contributed by atoms with Crippen LogP contribution in [0.3, 0.4) is 0 Å². The topological polar surface area (TPSA) is 0 Å². The van der Waals surface area contributed by atoms with Crippen LogP contribution in [0.1, 0.15) is 38.2 Å². The summed E-state index contributed by atoms with van der Waals surface area (Å²) in [5, 5.41) is 0.785. The molecule has 0 aromatic heterocycles. The predicted molar refractivity (Wildman–Crippen MR) is 87.6 cm³/mol. The molecule has 1 unspecified atom stereocenters. The van der Waals surface area contributed by atoms with Gasteiger partial charge in [0.2, 0.25) is 0 Å². The molecule has 0 saturated heterocycles. The Morgan fingerprint density at radius 3 is 2.05 bits per heavy atom. The maximum Gasteiger partial charge on any atom is 0.0652 e. The van der Waals surface area contributed by atoms with E-state index in [-0.39, 0.29) is 4.83 Å². The number of hydrogen-bond donors (Lipinski definition) is 0. The van der Waals surface area contributed by atoms with E-state index in [1.54, 1.807) is 0 Å². The molecule has 0 saturated carbocycles. The maximum absolute atomic E-state index is 6.13. The minimum Gasteiger partial charge on any atom is -0.0843 e. The highest BCUT2D eigenvalue weighted by Crippen LogP contribution is 2.37. The Morgan fingerprint density at radius 2 is 1.47 bits per heavy atom. The summed E-state index contributed by atoms with van der Waals surface area (Å²) in [4.78, 5) is 0.187. The fraction of sp³-hybridized carbons (Fsp3) is 0.294. The van der Waals surface area contributed by atoms with Crippen molar-refractivity contribution in [2.45, 2.75) is 32.5 Å². The van der Waals surface area contributed by atoms with Gasteiger partial charge in [-0.2, -0.15) is 0 Å². The first-order valence-electron chi connectivity index (χ1n) is 6.38. The largest absolute Gasteiger partial charge is 0.0843 e. The van der Waals surface area contributed by atoms with Gasteiger partial charge in [0.05, 0.1) is 4.83 Å². The molecular formula is C17H18BrCl. The lowest BCUT2D eigenvalue weighted by molar-refractivity contribution is 1.08. The molecule has 0 radical (unpaired) electrons. The minimum atomic E-state index is 0.187. The summed E-state index contributed by atoms with van der Waals surface area (Å²) in [5.74, 6) is 0. The minimum absolute atomic E-state index is 0.187. The Balaban J connectivity index is 2.56. The maximum atomic E-state index is 6.13. The SMILES string of the molecule is Cc1cc(C)c(C(Br)c2cc(Cl)ccc2C)c(C)c1. The molecule has 0 heterocycles. The standard InChI is InChI=1S/C17H18BrCl/c1-10-7-12(3)16(13(4)8-10)17(18)15-9-14(19)6-5-11(15)2/h5-9,17H,1-4H3. The number of alkyl halides is 1. The summed E-state index contributed by atoms with van der Waals surface area (Å²) in [6.07, 6.45) is 0. The highest BCUT2D eigenvalue weighted by molar-refractivity contribution is 9.09. The third-order valence-electron chi connectivity index (χ3n) is 3.51. The van der Waals surface area contributed by atoms with Crippen molar-refractivity contribution >= 4 is 27.5 Å². The number of aryl methyl sites for hydroxylation is 4. The molecule has 0 N–H and O–H groups in total. The molecule has 0 amide bonds. The van der Waals surface area contributed by atoms with Crippen LogP contribution in [-0.2, 0) is 0 Å². The third kappa shape index (κ3) is 3.04. The lowest BCUT2D eigenvalue weighted by atomic mass is 9.92. The molecule has 0 bridgehead atoms. The first-order chi connectivity index (χ1) is 8.90. The van der Waals surface area contributed by atoms with Gasteiger partial charge < -0.3 is 0 Å². The molecular weight excluding hydrogens is 320 g/mol. The van der Waals surface area contributed by atoms with Gasteiger partial charge in [-0.3, -0.25) is 0 Å². The Hall–Kier alpha value is -0.790. The molecule has 0 fully saturated rings. The zero-order chi connectivity index (χ0) is 14.2. The monoisotopic (exact) mass is 336 g/mol. The van der Waals surface area contributed by atoms with Crippen molar-refractivity contribution in [2.24, 2.45) is 0 Å². The van der Waals surface area contributed by atoms with Crippen LogP contribution in [0.15, 0.2) is 30.3 Å². The second kappa shape index (κ2) is 5.68. The summed E-state index contributed by atoms with van der Waals surface area (Å²) in [5.41, 5.74) is 7.78. The van der Waals surface area contributed by atoms with Crippen LogP contribution in [0.25, 0.3) is 0 Å². The van der Waals surface area contributed by atoms with Gasteiger partial charge in [0, 0.05) is 5.02 Å². The highest BCUT2D eigenvalue weighted by Gasteiger charge is 2.17. The molecule has 2 rings (SSSR count). The van der Waals surface area contributed by atoms with E-state index in [1.165, 1.54) is 33.4 Å². The molecule has 0 aliphatic rings. The van der Waals surface area contributed by atoms with Crippen LogP contribution in [0.4, 0.5) is 0 Å². The van der Waals surface area contributed by atoms with Gasteiger partial charge in [-0.05, 0) is 67.6 Å². The summed E-state index contributed by atoms with van der Waals surface area (Å²) < 4.78 is 0. The lowest BCUT2D eigenvalue weighted by Gasteiger charge is -2.19. The van der Waals surface area contributed by atoms with E-state index < -0.39 is 0 Å². The van der Waals surface area contributed by atoms with E-state index in [9.17, 15) is 0 Å². The van der Waals surface area contributed by atoms with Crippen LogP contribution in [0.2, 0.25) is 5.02 Å². The number of benzene rings is 2. The van der Waals surface area contributed by atoms with Gasteiger partial charge >= 0.3 is 0 Å². The number of halogens is 2. The van der Waals surface area contributed by atoms with Crippen molar-refractivity contribution in [2.75, 3.05) is 0 Å². The second-order valence-electron chi connectivity index (χ2n) is 5.18. The second-order valence-corrected chi connectivity index (χ2v) is 6.53. The zero-order valence-electron chi connectivity index (χ0n) is 11.7. The van der Waals surface area contributed by atoms with Crippen LogP contribution in [-0.4, -0.2) is 0 Å². The molecule has 2 heteroatoms. The number of hydrogen-bond acceptors (Lipinski definition) is 0. The quantitative estimate of drug-likeness (QED) is 0.584. The third-order valence-corrected chi connectivity index (χ3v) is 4.69. The van der Waals surface area contributed by atoms with E-state index in [0.717, 1.165) is 5.02 Å². The summed E-state index contributed by atoms with van der Waals surface area (Å²) >= 11 is 9.98. The molecule has 0 aliphatic carbocycles. The average Bonchev–Trinajstić information content (AvgIpc) is 2.30. The molecule has 0 aliphatic heterocycles. The van der Waals surface area contributed by atoms with E-state index >= 15 is 0 Å². The molecule has 1 atom stereocenters. The smallest absolute Gasteiger partial charge is 0.0652 e. The van der Waals surface area contributed by atoms with Crippen LogP contribution < -0.4 is 0 Å². The Bertz CT molecular complexity index is 594. The Labute approximate surface area is 128 Å². The molecule has 100 valence electrons. The molecule has 0 spiro atoms. The van der Waals surface area contributed by atoms with Gasteiger partial charge in [0.1, 0.15) is 0 Å². The zero-order valence-corrected chi connectivity index (χ0v) is 14.1. The van der Waals surface area contributed by atoms with Gasteiger partial charge in [0.15, 0.2) is 0 Å². The van der Waals surface area contributed by atoms with Crippen molar-refractivity contribution in [3.63, 3.8) is 0 Å². The van der Waals surface area contributed by atoms with Crippen molar-refractivity contribution in [1.82, 2.24) is 0 Å². The van der Waals surface area contributed by atoms with Gasteiger partial charge in [-0.1, -0.05) is 51.3 Å². The van der Waals surface area contributed by atoms with Gasteiger partial charge in [0.25, 0.3) is 0 Å².